The number of carbonyl (C=O) groups excluding carboxylic acids is 2. The van der Waals surface area contributed by atoms with E-state index in [1.807, 2.05) is 0 Å². The maximum atomic E-state index is 14.2. The number of carbonyl (C=O) groups is 2. The molecule has 2 amide bonds. The molecule has 1 fully saturated rings. The number of amides is 2. The Bertz CT molecular complexity index is 1120. The van der Waals surface area contributed by atoms with Gasteiger partial charge < -0.3 is 10.1 Å². The summed E-state index contributed by atoms with van der Waals surface area (Å²) in [7, 11) is 0. The summed E-state index contributed by atoms with van der Waals surface area (Å²) in [5, 5.41) is 2.58. The van der Waals surface area contributed by atoms with Crippen molar-refractivity contribution in [1.29, 1.82) is 0 Å². The molecule has 1 aliphatic rings. The number of pyridine rings is 1. The summed E-state index contributed by atoms with van der Waals surface area (Å²) in [6.07, 6.45) is 0.758. The van der Waals surface area contributed by atoms with Gasteiger partial charge in [0.2, 0.25) is 5.92 Å². The first-order valence-corrected chi connectivity index (χ1v) is 11.7. The highest BCUT2D eigenvalue weighted by molar-refractivity contribution is 6.32. The zero-order chi connectivity index (χ0) is 27.6. The molecule has 1 heterocycles. The van der Waals surface area contributed by atoms with Gasteiger partial charge in [-0.3, -0.25) is 19.5 Å². The van der Waals surface area contributed by atoms with Crippen LogP contribution in [0.15, 0.2) is 42.7 Å². The molecule has 1 aromatic carbocycles. The molecule has 2 atom stereocenters. The Hall–Kier alpha value is -2.73. The van der Waals surface area contributed by atoms with Crippen LogP contribution in [0.25, 0.3) is 0 Å². The average molecular weight is 572 g/mol. The molecule has 6 nitrogen and oxygen atoms in total. The summed E-state index contributed by atoms with van der Waals surface area (Å²) in [5.74, 6) is -6.62. The van der Waals surface area contributed by atoms with Crippen LogP contribution in [-0.4, -0.2) is 40.0 Å². The van der Waals surface area contributed by atoms with Gasteiger partial charge in [0.1, 0.15) is 11.6 Å². The minimum atomic E-state index is -4.05. The number of nitrogens with zero attached hydrogens (tertiary/aromatic N) is 2. The number of halogens is 8. The second kappa shape index (κ2) is 10.9. The van der Waals surface area contributed by atoms with Gasteiger partial charge in [-0.2, -0.15) is 0 Å². The van der Waals surface area contributed by atoms with E-state index in [1.54, 1.807) is 0 Å². The van der Waals surface area contributed by atoms with Crippen molar-refractivity contribution in [1.82, 2.24) is 10.3 Å². The van der Waals surface area contributed by atoms with E-state index >= 15 is 0 Å². The van der Waals surface area contributed by atoms with E-state index in [1.165, 1.54) is 0 Å². The molecule has 1 aromatic heterocycles. The van der Waals surface area contributed by atoms with Crippen LogP contribution in [0.5, 0.6) is 5.75 Å². The van der Waals surface area contributed by atoms with E-state index in [4.69, 9.17) is 23.2 Å². The number of nitrogens with one attached hydrogen (secondary N) is 1. The van der Waals surface area contributed by atoms with Crippen LogP contribution in [0.3, 0.4) is 0 Å². The van der Waals surface area contributed by atoms with Gasteiger partial charge in [-0.15, -0.1) is 8.78 Å². The number of benzene rings is 1. The topological polar surface area (TPSA) is 71.5 Å². The lowest BCUT2D eigenvalue weighted by Crippen LogP contribution is -2.60. The fourth-order valence-corrected chi connectivity index (χ4v) is 4.24. The molecule has 0 bridgehead atoms. The predicted molar refractivity (Wildman–Crippen MR) is 123 cm³/mol. The van der Waals surface area contributed by atoms with Gasteiger partial charge in [0, 0.05) is 47.9 Å². The molecule has 202 valence electrons. The van der Waals surface area contributed by atoms with Gasteiger partial charge >= 0.3 is 5.57 Å². The lowest BCUT2D eigenvalue weighted by Gasteiger charge is -2.41. The van der Waals surface area contributed by atoms with Crippen molar-refractivity contribution in [3.8, 4) is 5.75 Å². The highest BCUT2D eigenvalue weighted by Crippen LogP contribution is 2.38. The van der Waals surface area contributed by atoms with Crippen LogP contribution < -0.4 is 15.0 Å². The molecule has 1 N–H and O–H groups in total. The van der Waals surface area contributed by atoms with Gasteiger partial charge in [0.25, 0.3) is 17.4 Å². The van der Waals surface area contributed by atoms with Crippen LogP contribution >= 0.6 is 23.2 Å². The van der Waals surface area contributed by atoms with Crippen molar-refractivity contribution in [3.63, 3.8) is 0 Å². The molecule has 1 unspecified atom stereocenters. The van der Waals surface area contributed by atoms with Crippen LogP contribution in [0, 0.1) is 5.82 Å². The van der Waals surface area contributed by atoms with Gasteiger partial charge in [-0.05, 0) is 50.1 Å². The normalized spacial score (nSPS) is 18.4. The molecule has 37 heavy (non-hydrogen) atoms. The minimum Gasteiger partial charge on any atom is -0.420 e. The fraction of sp³-hybridized carbons (Fsp3) is 0.435. The molecule has 3 rings (SSSR count). The third-order valence-electron chi connectivity index (χ3n) is 5.94. The van der Waals surface area contributed by atoms with E-state index in [2.05, 4.69) is 15.0 Å². The lowest BCUT2D eigenvalue weighted by molar-refractivity contribution is -0.132. The zero-order valence-corrected chi connectivity index (χ0v) is 20.7. The first-order valence-electron chi connectivity index (χ1n) is 10.9. The van der Waals surface area contributed by atoms with Crippen molar-refractivity contribution in [2.45, 2.75) is 61.3 Å². The maximum Gasteiger partial charge on any atom is 0.487 e. The Labute approximate surface area is 217 Å². The zero-order valence-electron chi connectivity index (χ0n) is 19.2. The predicted octanol–water partition coefficient (Wildman–Crippen LogP) is 5.87. The van der Waals surface area contributed by atoms with E-state index in [0.29, 0.717) is 4.90 Å². The standard InChI is InChI=1S/C23H21Cl2F6N3O3/c1-21(13-10-14(26)12-32-11-13,20(36)33-15-6-8-22(28,29)9-7-15)34(19(35)18(24)27)16-2-4-17(5-3-16)37-23(25,30)31/h2-5,10-12,15,18H,6-9H2,1H3,(H,33,36)/t18-,21?/m0/s1. The quantitative estimate of drug-likeness (QED) is 0.318. The van der Waals surface area contributed by atoms with Crippen LogP contribution in [0.2, 0.25) is 0 Å². The lowest BCUT2D eigenvalue weighted by atomic mass is 9.87. The van der Waals surface area contributed by atoms with E-state index < -0.39 is 64.9 Å². The van der Waals surface area contributed by atoms with Crippen molar-refractivity contribution in [2.24, 2.45) is 0 Å². The molecular weight excluding hydrogens is 551 g/mol. The number of ether oxygens (including phenoxy) is 1. The molecule has 0 aliphatic heterocycles. The molecular formula is C23H21Cl2F6N3O3. The van der Waals surface area contributed by atoms with Gasteiger partial charge in [0.15, 0.2) is 5.54 Å². The van der Waals surface area contributed by atoms with Crippen LogP contribution in [0.4, 0.5) is 32.0 Å². The molecule has 0 radical (unpaired) electrons. The first-order chi connectivity index (χ1) is 17.1. The Balaban J connectivity index is 2.08. The monoisotopic (exact) mass is 571 g/mol. The number of hydrogen-bond acceptors (Lipinski definition) is 4. The Morgan fingerprint density at radius 2 is 1.78 bits per heavy atom. The summed E-state index contributed by atoms with van der Waals surface area (Å²) in [5.41, 5.74) is -9.36. The SMILES string of the molecule is CC(C(=O)NC1CCC(F)(F)CC1)(c1cncc(F)c1)N(C(=O)[C@H](F)Cl)c1ccc(OC(F)(F)Cl)cc1. The maximum absolute atomic E-state index is 14.2. The summed E-state index contributed by atoms with van der Waals surface area (Å²) in [6, 6.07) is 4.21. The largest absolute Gasteiger partial charge is 0.487 e. The molecule has 14 heteroatoms. The van der Waals surface area contributed by atoms with Gasteiger partial charge in [0.05, 0.1) is 6.20 Å². The summed E-state index contributed by atoms with van der Waals surface area (Å²) < 4.78 is 85.8. The number of hydrogen-bond donors (Lipinski definition) is 1. The average Bonchev–Trinajstić information content (AvgIpc) is 2.80. The Morgan fingerprint density at radius 1 is 1.19 bits per heavy atom. The summed E-state index contributed by atoms with van der Waals surface area (Å²) in [6.45, 7) is 1.16. The van der Waals surface area contributed by atoms with Crippen molar-refractivity contribution < 1.29 is 40.7 Å². The molecule has 1 aliphatic carbocycles. The van der Waals surface area contributed by atoms with Crippen LogP contribution in [-0.2, 0) is 15.1 Å². The molecule has 0 saturated heterocycles. The van der Waals surface area contributed by atoms with Crippen LogP contribution in [0.1, 0.15) is 38.2 Å². The van der Waals surface area contributed by atoms with Crippen molar-refractivity contribution in [2.75, 3.05) is 4.90 Å². The fourth-order valence-electron chi connectivity index (χ4n) is 4.05. The van der Waals surface area contributed by atoms with Gasteiger partial charge in [-0.25, -0.2) is 17.6 Å². The highest BCUT2D eigenvalue weighted by atomic mass is 35.5. The van der Waals surface area contributed by atoms with E-state index in [0.717, 1.165) is 49.6 Å². The summed E-state index contributed by atoms with van der Waals surface area (Å²) in [4.78, 5) is 31.0. The first kappa shape index (κ1) is 28.8. The highest BCUT2D eigenvalue weighted by Gasteiger charge is 2.48. The van der Waals surface area contributed by atoms with Crippen molar-refractivity contribution >= 4 is 40.7 Å². The molecule has 2 aromatic rings. The smallest absolute Gasteiger partial charge is 0.420 e. The number of anilines is 1. The second-order valence-electron chi connectivity index (χ2n) is 8.58. The minimum absolute atomic E-state index is 0.0793. The third-order valence-corrected chi connectivity index (χ3v) is 6.21. The third kappa shape index (κ3) is 6.98. The number of aromatic nitrogens is 1. The molecule has 0 spiro atoms. The second-order valence-corrected chi connectivity index (χ2v) is 9.41. The van der Waals surface area contributed by atoms with Crippen molar-refractivity contribution in [3.05, 3.63) is 54.1 Å². The van der Waals surface area contributed by atoms with E-state index in [9.17, 15) is 35.9 Å². The number of alkyl halides is 7. The Kier molecular flexibility index (Phi) is 8.53. The van der Waals surface area contributed by atoms with Gasteiger partial charge in [-0.1, -0.05) is 11.6 Å². The molecule has 1 saturated carbocycles. The number of rotatable bonds is 8. The Morgan fingerprint density at radius 3 is 2.30 bits per heavy atom. The summed E-state index contributed by atoms with van der Waals surface area (Å²) >= 11 is 10.2. The van der Waals surface area contributed by atoms with E-state index in [-0.39, 0.29) is 24.1 Å².